The second-order valence-electron chi connectivity index (χ2n) is 5.97. The molecule has 0 fully saturated rings. The van der Waals surface area contributed by atoms with Crippen molar-refractivity contribution in [1.29, 1.82) is 0 Å². The Kier molecular flexibility index (Phi) is 3.58. The van der Waals surface area contributed by atoms with E-state index in [0.717, 1.165) is 15.3 Å². The first-order valence-electron chi connectivity index (χ1n) is 7.86. The number of para-hydroxylation sites is 1. The lowest BCUT2D eigenvalue weighted by molar-refractivity contribution is -0.137. The number of hydrogen-bond acceptors (Lipinski definition) is 4. The summed E-state index contributed by atoms with van der Waals surface area (Å²) in [6, 6.07) is 14.1. The van der Waals surface area contributed by atoms with Gasteiger partial charge in [-0.25, -0.2) is 0 Å². The van der Waals surface area contributed by atoms with Crippen LogP contribution in [0.2, 0.25) is 0 Å². The highest BCUT2D eigenvalue weighted by molar-refractivity contribution is 7.89. The Balaban J connectivity index is 2.01. The minimum atomic E-state index is -3.68. The molecule has 0 aliphatic carbocycles. The highest BCUT2D eigenvalue weighted by Gasteiger charge is 2.31. The molecular weight excluding hydrogens is 354 g/mol. The van der Waals surface area contributed by atoms with Gasteiger partial charge in [-0.3, -0.25) is 4.79 Å². The van der Waals surface area contributed by atoms with Crippen molar-refractivity contribution in [3.05, 3.63) is 65.9 Å². The topological polar surface area (TPSA) is 92.0 Å². The van der Waals surface area contributed by atoms with Crippen LogP contribution in [0.15, 0.2) is 64.7 Å². The van der Waals surface area contributed by atoms with E-state index in [1.165, 1.54) is 7.05 Å². The molecule has 1 aromatic heterocycles. The number of nitrogens with zero attached hydrogens (tertiary/aromatic N) is 3. The summed E-state index contributed by atoms with van der Waals surface area (Å²) in [5, 5.41) is 14.3. The van der Waals surface area contributed by atoms with Crippen molar-refractivity contribution in [2.24, 2.45) is 5.10 Å². The molecule has 1 aliphatic rings. The molecule has 0 bridgehead atoms. The molecular formula is C18H15N3O4S. The summed E-state index contributed by atoms with van der Waals surface area (Å²) in [4.78, 5) is 11.4. The van der Waals surface area contributed by atoms with Crippen LogP contribution in [0.5, 0.6) is 0 Å². The number of aromatic nitrogens is 1. The van der Waals surface area contributed by atoms with E-state index in [0.29, 0.717) is 16.8 Å². The average molecular weight is 369 g/mol. The summed E-state index contributed by atoms with van der Waals surface area (Å²) in [6.07, 6.45) is 1.71. The average Bonchev–Trinajstić information content (AvgIpc) is 2.96. The summed E-state index contributed by atoms with van der Waals surface area (Å²) >= 11 is 0. The van der Waals surface area contributed by atoms with Crippen molar-refractivity contribution in [2.45, 2.75) is 11.4 Å². The summed E-state index contributed by atoms with van der Waals surface area (Å²) in [5.74, 6) is -0.956. The number of fused-ring (bicyclic) bond motifs is 2. The zero-order chi connectivity index (χ0) is 18.5. The summed E-state index contributed by atoms with van der Waals surface area (Å²) < 4.78 is 27.6. The van der Waals surface area contributed by atoms with Gasteiger partial charge in [0.05, 0.1) is 4.90 Å². The normalized spacial score (nSPS) is 15.6. The number of hydrazone groups is 1. The van der Waals surface area contributed by atoms with Gasteiger partial charge in [0, 0.05) is 35.3 Å². The first-order chi connectivity index (χ1) is 12.4. The largest absolute Gasteiger partial charge is 0.480 e. The van der Waals surface area contributed by atoms with Gasteiger partial charge in [0.2, 0.25) is 0 Å². The fraction of sp³-hybridized carbons (Fsp3) is 0.111. The number of rotatable bonds is 3. The third-order valence-corrected chi connectivity index (χ3v) is 6.05. The summed E-state index contributed by atoms with van der Waals surface area (Å²) in [7, 11) is -2.29. The Morgan fingerprint density at radius 2 is 1.77 bits per heavy atom. The second kappa shape index (κ2) is 5.70. The van der Waals surface area contributed by atoms with Gasteiger partial charge in [-0.1, -0.05) is 36.4 Å². The van der Waals surface area contributed by atoms with Crippen molar-refractivity contribution < 1.29 is 18.3 Å². The van der Waals surface area contributed by atoms with Crippen LogP contribution >= 0.6 is 0 Å². The highest BCUT2D eigenvalue weighted by atomic mass is 32.2. The van der Waals surface area contributed by atoms with Gasteiger partial charge >= 0.3 is 5.97 Å². The molecule has 7 nitrogen and oxygen atoms in total. The van der Waals surface area contributed by atoms with Gasteiger partial charge < -0.3 is 9.67 Å². The van der Waals surface area contributed by atoms with E-state index in [2.05, 4.69) is 5.10 Å². The van der Waals surface area contributed by atoms with Gasteiger partial charge in [0.15, 0.2) is 0 Å². The molecule has 8 heteroatoms. The van der Waals surface area contributed by atoms with Crippen molar-refractivity contribution in [3.63, 3.8) is 0 Å². The first-order valence-corrected chi connectivity index (χ1v) is 9.30. The lowest BCUT2D eigenvalue weighted by Gasteiger charge is -2.23. The minimum absolute atomic E-state index is 0.183. The number of carboxylic acids is 1. The zero-order valence-electron chi connectivity index (χ0n) is 13.8. The molecule has 0 amide bonds. The quantitative estimate of drug-likeness (QED) is 0.765. The second-order valence-corrected chi connectivity index (χ2v) is 7.88. The summed E-state index contributed by atoms with van der Waals surface area (Å²) in [5.41, 5.74) is 2.44. The molecule has 0 unspecified atom stereocenters. The van der Waals surface area contributed by atoms with Gasteiger partial charge in [-0.05, 0) is 12.1 Å². The molecule has 1 aliphatic heterocycles. The fourth-order valence-corrected chi connectivity index (χ4v) is 4.36. The molecule has 2 aromatic carbocycles. The predicted molar refractivity (Wildman–Crippen MR) is 96.6 cm³/mol. The first kappa shape index (κ1) is 16.3. The molecule has 26 heavy (non-hydrogen) atoms. The number of hydrogen-bond donors (Lipinski definition) is 1. The van der Waals surface area contributed by atoms with Gasteiger partial charge in [-0.2, -0.15) is 17.9 Å². The molecule has 0 atom stereocenters. The maximum atomic E-state index is 12.5. The van der Waals surface area contributed by atoms with Crippen LogP contribution in [0.25, 0.3) is 10.9 Å². The number of carboxylic acid groups (broad SMARTS) is 1. The van der Waals surface area contributed by atoms with Crippen LogP contribution in [-0.4, -0.2) is 41.2 Å². The van der Waals surface area contributed by atoms with E-state index in [1.54, 1.807) is 35.0 Å². The summed E-state index contributed by atoms with van der Waals surface area (Å²) in [6.45, 7) is -0.191. The number of aliphatic carboxylic acids is 1. The van der Waals surface area contributed by atoms with E-state index in [1.807, 2.05) is 24.3 Å². The lowest BCUT2D eigenvalue weighted by Crippen LogP contribution is -2.30. The molecule has 2 heterocycles. The molecule has 0 spiro atoms. The van der Waals surface area contributed by atoms with Gasteiger partial charge in [-0.15, -0.1) is 0 Å². The fourth-order valence-electron chi connectivity index (χ4n) is 3.19. The van der Waals surface area contributed by atoms with Crippen LogP contribution in [-0.2, 0) is 21.4 Å². The minimum Gasteiger partial charge on any atom is -0.480 e. The maximum absolute atomic E-state index is 12.5. The number of sulfonamides is 1. The molecule has 0 saturated carbocycles. The SMILES string of the molecule is CN1N=C(c2cn(CC(=O)O)c3ccccc23)c2ccccc2S1(=O)=O. The van der Waals surface area contributed by atoms with Crippen LogP contribution < -0.4 is 0 Å². The van der Waals surface area contributed by atoms with Crippen molar-refractivity contribution in [1.82, 2.24) is 8.98 Å². The molecule has 0 radical (unpaired) electrons. The Labute approximate surface area is 149 Å². The lowest BCUT2D eigenvalue weighted by atomic mass is 10.0. The van der Waals surface area contributed by atoms with Gasteiger partial charge in [0.1, 0.15) is 12.3 Å². The maximum Gasteiger partial charge on any atom is 0.323 e. The van der Waals surface area contributed by atoms with Crippen LogP contribution in [0.4, 0.5) is 0 Å². The number of carbonyl (C=O) groups is 1. The molecule has 3 aromatic rings. The Morgan fingerprint density at radius 1 is 1.08 bits per heavy atom. The predicted octanol–water partition coefficient (Wildman–Crippen LogP) is 2.11. The van der Waals surface area contributed by atoms with Gasteiger partial charge in [0.25, 0.3) is 10.0 Å². The Morgan fingerprint density at radius 3 is 2.54 bits per heavy atom. The van der Waals surface area contributed by atoms with E-state index >= 15 is 0 Å². The zero-order valence-corrected chi connectivity index (χ0v) is 14.6. The monoisotopic (exact) mass is 369 g/mol. The van der Waals surface area contributed by atoms with Crippen molar-refractivity contribution >= 4 is 32.6 Å². The van der Waals surface area contributed by atoms with E-state index in [9.17, 15) is 18.3 Å². The third kappa shape index (κ3) is 2.38. The van der Waals surface area contributed by atoms with E-state index in [-0.39, 0.29) is 11.4 Å². The molecule has 1 N–H and O–H groups in total. The smallest absolute Gasteiger partial charge is 0.323 e. The molecule has 132 valence electrons. The standard InChI is InChI=1S/C18H15N3O4S/c1-20-19-18(13-7-3-5-9-16(13)26(20,24)25)14-10-21(11-17(22)23)15-8-4-2-6-12(14)15/h2-10H,11H2,1H3,(H,22,23). The Bertz CT molecular complexity index is 1180. The third-order valence-electron chi connectivity index (χ3n) is 4.36. The van der Waals surface area contributed by atoms with Crippen LogP contribution in [0.1, 0.15) is 11.1 Å². The number of benzene rings is 2. The Hall–Kier alpha value is -3.13. The van der Waals surface area contributed by atoms with Crippen LogP contribution in [0.3, 0.4) is 0 Å². The molecule has 0 saturated heterocycles. The van der Waals surface area contributed by atoms with E-state index < -0.39 is 16.0 Å². The van der Waals surface area contributed by atoms with Crippen LogP contribution in [0, 0.1) is 0 Å². The van der Waals surface area contributed by atoms with Crippen molar-refractivity contribution in [2.75, 3.05) is 7.05 Å². The highest BCUT2D eigenvalue weighted by Crippen LogP contribution is 2.31. The van der Waals surface area contributed by atoms with Crippen molar-refractivity contribution in [3.8, 4) is 0 Å². The van der Waals surface area contributed by atoms with E-state index in [4.69, 9.17) is 0 Å². The molecule has 4 rings (SSSR count).